The molecule has 0 unspecified atom stereocenters. The third-order valence-corrected chi connectivity index (χ3v) is 4.83. The minimum Gasteiger partial charge on any atom is -0.497 e. The SMILES string of the molecule is COc1cccc(C(=O)Oc2cc(C)c3c(c2)O/C(=C\c2ccc(C)cc2)C3=O)c1. The van der Waals surface area contributed by atoms with E-state index in [1.807, 2.05) is 31.2 Å². The molecule has 0 saturated carbocycles. The van der Waals surface area contributed by atoms with Crippen LogP contribution in [0.4, 0.5) is 0 Å². The Labute approximate surface area is 174 Å². The maximum absolute atomic E-state index is 12.8. The second-order valence-corrected chi connectivity index (χ2v) is 7.09. The van der Waals surface area contributed by atoms with Crippen molar-refractivity contribution in [1.29, 1.82) is 0 Å². The van der Waals surface area contributed by atoms with E-state index in [4.69, 9.17) is 14.2 Å². The molecule has 4 rings (SSSR count). The fourth-order valence-electron chi connectivity index (χ4n) is 3.27. The van der Waals surface area contributed by atoms with Crippen molar-refractivity contribution in [2.24, 2.45) is 0 Å². The van der Waals surface area contributed by atoms with Crippen LogP contribution in [0, 0.1) is 13.8 Å². The first-order valence-electron chi connectivity index (χ1n) is 9.46. The van der Waals surface area contributed by atoms with Crippen molar-refractivity contribution in [2.75, 3.05) is 7.11 Å². The summed E-state index contributed by atoms with van der Waals surface area (Å²) in [6.45, 7) is 3.79. The van der Waals surface area contributed by atoms with Gasteiger partial charge >= 0.3 is 5.97 Å². The smallest absolute Gasteiger partial charge is 0.343 e. The molecule has 0 radical (unpaired) electrons. The maximum atomic E-state index is 12.8. The fraction of sp³-hybridized carbons (Fsp3) is 0.120. The predicted octanol–water partition coefficient (Wildman–Crippen LogP) is 5.15. The van der Waals surface area contributed by atoms with E-state index in [0.717, 1.165) is 11.1 Å². The average molecular weight is 400 g/mol. The summed E-state index contributed by atoms with van der Waals surface area (Å²) in [6, 6.07) is 17.7. The van der Waals surface area contributed by atoms with Crippen LogP contribution in [-0.2, 0) is 0 Å². The van der Waals surface area contributed by atoms with Gasteiger partial charge < -0.3 is 14.2 Å². The van der Waals surface area contributed by atoms with Crippen LogP contribution in [0.1, 0.15) is 37.4 Å². The largest absolute Gasteiger partial charge is 0.497 e. The number of benzene rings is 3. The van der Waals surface area contributed by atoms with E-state index in [9.17, 15) is 9.59 Å². The van der Waals surface area contributed by atoms with E-state index in [2.05, 4.69) is 0 Å². The monoisotopic (exact) mass is 400 g/mol. The molecule has 150 valence electrons. The highest BCUT2D eigenvalue weighted by Gasteiger charge is 2.30. The Hall–Kier alpha value is -3.86. The molecule has 3 aromatic rings. The number of allylic oxidation sites excluding steroid dienone is 1. The minimum atomic E-state index is -0.520. The van der Waals surface area contributed by atoms with E-state index < -0.39 is 5.97 Å². The van der Waals surface area contributed by atoms with Gasteiger partial charge in [-0.1, -0.05) is 35.9 Å². The highest BCUT2D eigenvalue weighted by molar-refractivity contribution is 6.15. The number of ketones is 1. The molecule has 0 amide bonds. The Kier molecular flexibility index (Phi) is 5.11. The number of methoxy groups -OCH3 is 1. The summed E-state index contributed by atoms with van der Waals surface area (Å²) >= 11 is 0. The molecule has 0 N–H and O–H groups in total. The lowest BCUT2D eigenvalue weighted by Gasteiger charge is -2.08. The van der Waals surface area contributed by atoms with Gasteiger partial charge in [0.25, 0.3) is 0 Å². The highest BCUT2D eigenvalue weighted by atomic mass is 16.5. The number of carbonyl (C=O) groups is 2. The number of esters is 1. The van der Waals surface area contributed by atoms with Crippen LogP contribution in [0.15, 0.2) is 66.4 Å². The van der Waals surface area contributed by atoms with Crippen molar-refractivity contribution in [3.05, 3.63) is 94.2 Å². The lowest BCUT2D eigenvalue weighted by atomic mass is 10.0. The number of fused-ring (bicyclic) bond motifs is 1. The van der Waals surface area contributed by atoms with E-state index in [1.165, 1.54) is 7.11 Å². The first-order chi connectivity index (χ1) is 14.4. The summed E-state index contributed by atoms with van der Waals surface area (Å²) in [5, 5.41) is 0. The molecule has 5 nitrogen and oxygen atoms in total. The maximum Gasteiger partial charge on any atom is 0.343 e. The molecular weight excluding hydrogens is 380 g/mol. The van der Waals surface area contributed by atoms with E-state index in [-0.39, 0.29) is 11.5 Å². The third kappa shape index (κ3) is 3.82. The summed E-state index contributed by atoms with van der Waals surface area (Å²) in [5.74, 6) is 0.791. The molecule has 1 aliphatic heterocycles. The topological polar surface area (TPSA) is 61.8 Å². The average Bonchev–Trinajstić information content (AvgIpc) is 3.05. The van der Waals surface area contributed by atoms with Crippen LogP contribution in [0.3, 0.4) is 0 Å². The molecule has 0 fully saturated rings. The first kappa shape index (κ1) is 19.5. The Morgan fingerprint density at radius 2 is 1.73 bits per heavy atom. The van der Waals surface area contributed by atoms with Gasteiger partial charge in [-0.15, -0.1) is 0 Å². The van der Waals surface area contributed by atoms with E-state index >= 15 is 0 Å². The number of ether oxygens (including phenoxy) is 3. The molecule has 1 heterocycles. The van der Waals surface area contributed by atoms with Gasteiger partial charge in [-0.2, -0.15) is 0 Å². The van der Waals surface area contributed by atoms with Gasteiger partial charge in [0, 0.05) is 6.07 Å². The number of rotatable bonds is 4. The Morgan fingerprint density at radius 1 is 0.967 bits per heavy atom. The lowest BCUT2D eigenvalue weighted by Crippen LogP contribution is -2.09. The Balaban J connectivity index is 1.59. The molecular formula is C25H20O5. The Bertz CT molecular complexity index is 1170. The van der Waals surface area contributed by atoms with Crippen LogP contribution in [0.5, 0.6) is 17.2 Å². The molecule has 0 aromatic heterocycles. The van der Waals surface area contributed by atoms with Crippen molar-refractivity contribution >= 4 is 17.8 Å². The van der Waals surface area contributed by atoms with Gasteiger partial charge in [-0.05, 0) is 55.3 Å². The second kappa shape index (κ2) is 7.87. The highest BCUT2D eigenvalue weighted by Crippen LogP contribution is 2.37. The molecule has 1 aliphatic rings. The van der Waals surface area contributed by atoms with Gasteiger partial charge in [-0.3, -0.25) is 4.79 Å². The number of hydrogen-bond acceptors (Lipinski definition) is 5. The normalized spacial score (nSPS) is 13.7. The van der Waals surface area contributed by atoms with Gasteiger partial charge in [0.2, 0.25) is 5.78 Å². The summed E-state index contributed by atoms with van der Waals surface area (Å²) < 4.78 is 16.4. The molecule has 0 aliphatic carbocycles. The third-order valence-electron chi connectivity index (χ3n) is 4.83. The molecule has 0 saturated heterocycles. The first-order valence-corrected chi connectivity index (χ1v) is 9.46. The molecule has 0 bridgehead atoms. The van der Waals surface area contributed by atoms with Crippen LogP contribution >= 0.6 is 0 Å². The molecule has 0 spiro atoms. The number of aryl methyl sites for hydroxylation is 2. The van der Waals surface area contributed by atoms with Crippen molar-refractivity contribution in [2.45, 2.75) is 13.8 Å². The number of carbonyl (C=O) groups excluding carboxylic acids is 2. The summed E-state index contributed by atoms with van der Waals surface area (Å²) in [7, 11) is 1.53. The Morgan fingerprint density at radius 3 is 2.47 bits per heavy atom. The number of hydrogen-bond donors (Lipinski definition) is 0. The predicted molar refractivity (Wildman–Crippen MR) is 113 cm³/mol. The lowest BCUT2D eigenvalue weighted by molar-refractivity contribution is 0.0734. The van der Waals surface area contributed by atoms with Crippen molar-refractivity contribution in [3.8, 4) is 17.2 Å². The van der Waals surface area contributed by atoms with Crippen LogP contribution in [-0.4, -0.2) is 18.9 Å². The minimum absolute atomic E-state index is 0.186. The zero-order valence-corrected chi connectivity index (χ0v) is 16.9. The summed E-state index contributed by atoms with van der Waals surface area (Å²) in [5.41, 5.74) is 3.54. The summed E-state index contributed by atoms with van der Waals surface area (Å²) in [4.78, 5) is 25.3. The van der Waals surface area contributed by atoms with E-state index in [1.54, 1.807) is 49.4 Å². The van der Waals surface area contributed by atoms with Gasteiger partial charge in [0.15, 0.2) is 5.76 Å². The van der Waals surface area contributed by atoms with Gasteiger partial charge in [-0.25, -0.2) is 4.79 Å². The zero-order valence-electron chi connectivity index (χ0n) is 16.9. The van der Waals surface area contributed by atoms with E-state index in [0.29, 0.717) is 33.9 Å². The zero-order chi connectivity index (χ0) is 21.3. The van der Waals surface area contributed by atoms with Gasteiger partial charge in [0.1, 0.15) is 17.2 Å². The van der Waals surface area contributed by atoms with Crippen molar-refractivity contribution in [3.63, 3.8) is 0 Å². The van der Waals surface area contributed by atoms with Crippen LogP contribution in [0.25, 0.3) is 6.08 Å². The summed E-state index contributed by atoms with van der Waals surface area (Å²) in [6.07, 6.45) is 1.71. The van der Waals surface area contributed by atoms with Crippen molar-refractivity contribution in [1.82, 2.24) is 0 Å². The van der Waals surface area contributed by atoms with Crippen LogP contribution < -0.4 is 14.2 Å². The second-order valence-electron chi connectivity index (χ2n) is 7.09. The standard InChI is InChI=1S/C25H20O5/c1-15-7-9-17(10-8-15)12-22-24(26)23-16(2)11-20(14-21(23)30-22)29-25(27)18-5-4-6-19(13-18)28-3/h4-14H,1-3H3/b22-12-. The quantitative estimate of drug-likeness (QED) is 0.344. The molecule has 3 aromatic carbocycles. The molecule has 30 heavy (non-hydrogen) atoms. The fourth-order valence-corrected chi connectivity index (χ4v) is 3.27. The van der Waals surface area contributed by atoms with Gasteiger partial charge in [0.05, 0.1) is 18.2 Å². The molecule has 0 atom stereocenters. The number of Topliss-reactive ketones (excluding diaryl/α,β-unsaturated/α-hetero) is 1. The van der Waals surface area contributed by atoms with Crippen molar-refractivity contribution < 1.29 is 23.8 Å². The molecule has 5 heteroatoms. The van der Waals surface area contributed by atoms with Crippen LogP contribution in [0.2, 0.25) is 0 Å².